The van der Waals surface area contributed by atoms with Gasteiger partial charge in [-0.15, -0.1) is 0 Å². The second-order valence-electron chi connectivity index (χ2n) is 5.30. The monoisotopic (exact) mass is 312 g/mol. The molecule has 2 aromatic carbocycles. The summed E-state index contributed by atoms with van der Waals surface area (Å²) in [4.78, 5) is 23.7. The molecule has 5 heteroatoms. The average molecular weight is 312 g/mol. The van der Waals surface area contributed by atoms with Gasteiger partial charge in [-0.1, -0.05) is 12.1 Å². The second kappa shape index (κ2) is 6.96. The van der Waals surface area contributed by atoms with Crippen molar-refractivity contribution in [1.29, 1.82) is 0 Å². The highest BCUT2D eigenvalue weighted by atomic mass is 16.5. The molecule has 0 aliphatic rings. The molecule has 0 bridgehead atoms. The quantitative estimate of drug-likeness (QED) is 0.907. The third-order valence-corrected chi connectivity index (χ3v) is 3.63. The van der Waals surface area contributed by atoms with Gasteiger partial charge in [-0.25, -0.2) is 0 Å². The molecule has 0 aromatic heterocycles. The zero-order chi connectivity index (χ0) is 17.0. The molecule has 0 heterocycles. The summed E-state index contributed by atoms with van der Waals surface area (Å²) in [6.45, 7) is 5.36. The van der Waals surface area contributed by atoms with Crippen molar-refractivity contribution in [2.75, 3.05) is 17.7 Å². The van der Waals surface area contributed by atoms with Crippen LogP contribution in [0.25, 0.3) is 0 Å². The van der Waals surface area contributed by atoms with Gasteiger partial charge in [0.2, 0.25) is 5.91 Å². The Morgan fingerprint density at radius 1 is 1.00 bits per heavy atom. The van der Waals surface area contributed by atoms with E-state index in [-0.39, 0.29) is 11.8 Å². The molecular formula is C18H20N2O3. The Hall–Kier alpha value is -2.82. The van der Waals surface area contributed by atoms with Crippen molar-refractivity contribution in [1.82, 2.24) is 0 Å². The van der Waals surface area contributed by atoms with E-state index < -0.39 is 0 Å². The van der Waals surface area contributed by atoms with Crippen molar-refractivity contribution in [2.45, 2.75) is 20.8 Å². The van der Waals surface area contributed by atoms with E-state index in [1.54, 1.807) is 18.2 Å². The van der Waals surface area contributed by atoms with Crippen LogP contribution < -0.4 is 15.4 Å². The maximum Gasteiger partial charge on any atom is 0.255 e. The van der Waals surface area contributed by atoms with Crippen LogP contribution in [0.5, 0.6) is 5.75 Å². The maximum atomic E-state index is 12.5. The lowest BCUT2D eigenvalue weighted by Gasteiger charge is -2.13. The number of aryl methyl sites for hydroxylation is 1. The predicted molar refractivity (Wildman–Crippen MR) is 91.2 cm³/mol. The number of amides is 2. The molecule has 0 fully saturated rings. The SMILES string of the molecule is COc1ccc(C(=O)Nc2cccc(C)c2C)cc1NC(C)=O. The van der Waals surface area contributed by atoms with E-state index in [0.717, 1.165) is 16.8 Å². The third kappa shape index (κ3) is 3.88. The number of rotatable bonds is 4. The Morgan fingerprint density at radius 2 is 1.74 bits per heavy atom. The van der Waals surface area contributed by atoms with Crippen LogP contribution in [0.3, 0.4) is 0 Å². The fourth-order valence-electron chi connectivity index (χ4n) is 2.22. The summed E-state index contributed by atoms with van der Waals surface area (Å²) in [7, 11) is 1.51. The lowest BCUT2D eigenvalue weighted by Crippen LogP contribution is -2.14. The Labute approximate surface area is 135 Å². The highest BCUT2D eigenvalue weighted by molar-refractivity contribution is 6.06. The predicted octanol–water partition coefficient (Wildman–Crippen LogP) is 3.52. The highest BCUT2D eigenvalue weighted by Crippen LogP contribution is 2.26. The molecule has 23 heavy (non-hydrogen) atoms. The summed E-state index contributed by atoms with van der Waals surface area (Å²) in [6, 6.07) is 10.7. The van der Waals surface area contributed by atoms with Gasteiger partial charge >= 0.3 is 0 Å². The van der Waals surface area contributed by atoms with Crippen molar-refractivity contribution < 1.29 is 14.3 Å². The number of hydrogen-bond acceptors (Lipinski definition) is 3. The van der Waals surface area contributed by atoms with Gasteiger partial charge in [0.15, 0.2) is 0 Å². The van der Waals surface area contributed by atoms with E-state index in [1.165, 1.54) is 14.0 Å². The smallest absolute Gasteiger partial charge is 0.255 e. The summed E-state index contributed by atoms with van der Waals surface area (Å²) in [5.74, 6) is 0.0341. The van der Waals surface area contributed by atoms with Gasteiger partial charge in [0.25, 0.3) is 5.91 Å². The van der Waals surface area contributed by atoms with E-state index in [0.29, 0.717) is 17.0 Å². The highest BCUT2D eigenvalue weighted by Gasteiger charge is 2.12. The molecule has 0 radical (unpaired) electrons. The van der Waals surface area contributed by atoms with Gasteiger partial charge in [0.1, 0.15) is 5.75 Å². The zero-order valence-electron chi connectivity index (χ0n) is 13.7. The topological polar surface area (TPSA) is 67.4 Å². The first-order chi connectivity index (χ1) is 10.9. The van der Waals surface area contributed by atoms with Crippen LogP contribution in [0.15, 0.2) is 36.4 Å². The number of benzene rings is 2. The minimum atomic E-state index is -0.243. The number of nitrogens with one attached hydrogen (secondary N) is 2. The van der Waals surface area contributed by atoms with Crippen molar-refractivity contribution in [3.63, 3.8) is 0 Å². The molecule has 5 nitrogen and oxygen atoms in total. The standard InChI is InChI=1S/C18H20N2O3/c1-11-6-5-7-15(12(11)2)20-18(22)14-8-9-17(23-4)16(10-14)19-13(3)21/h5-10H,1-4H3,(H,19,21)(H,20,22). The summed E-state index contributed by atoms with van der Waals surface area (Å²) in [6.07, 6.45) is 0. The van der Waals surface area contributed by atoms with Crippen LogP contribution >= 0.6 is 0 Å². The van der Waals surface area contributed by atoms with Gasteiger partial charge in [0.05, 0.1) is 12.8 Å². The lowest BCUT2D eigenvalue weighted by atomic mass is 10.1. The maximum absolute atomic E-state index is 12.5. The van der Waals surface area contributed by atoms with Crippen LogP contribution in [0.2, 0.25) is 0 Å². The van der Waals surface area contributed by atoms with Crippen LogP contribution in [-0.2, 0) is 4.79 Å². The van der Waals surface area contributed by atoms with E-state index in [2.05, 4.69) is 10.6 Å². The largest absolute Gasteiger partial charge is 0.495 e. The number of methoxy groups -OCH3 is 1. The van der Waals surface area contributed by atoms with Gasteiger partial charge in [-0.3, -0.25) is 9.59 Å². The van der Waals surface area contributed by atoms with Crippen molar-refractivity contribution in [3.05, 3.63) is 53.1 Å². The molecule has 0 saturated heterocycles. The fraction of sp³-hybridized carbons (Fsp3) is 0.222. The molecule has 120 valence electrons. The van der Waals surface area contributed by atoms with Crippen LogP contribution in [0.1, 0.15) is 28.4 Å². The van der Waals surface area contributed by atoms with Crippen LogP contribution in [-0.4, -0.2) is 18.9 Å². The lowest BCUT2D eigenvalue weighted by molar-refractivity contribution is -0.114. The summed E-state index contributed by atoms with van der Waals surface area (Å²) < 4.78 is 5.19. The van der Waals surface area contributed by atoms with Gasteiger partial charge in [0, 0.05) is 18.2 Å². The summed E-state index contributed by atoms with van der Waals surface area (Å²) >= 11 is 0. The van der Waals surface area contributed by atoms with Crippen LogP contribution in [0.4, 0.5) is 11.4 Å². The molecular weight excluding hydrogens is 292 g/mol. The molecule has 0 spiro atoms. The van der Waals surface area contributed by atoms with E-state index in [4.69, 9.17) is 4.74 Å². The molecule has 2 rings (SSSR count). The molecule has 0 aliphatic carbocycles. The third-order valence-electron chi connectivity index (χ3n) is 3.63. The number of ether oxygens (including phenoxy) is 1. The zero-order valence-corrected chi connectivity index (χ0v) is 13.7. The molecule has 2 amide bonds. The minimum absolute atomic E-state index is 0.226. The number of hydrogen-bond donors (Lipinski definition) is 2. The van der Waals surface area contributed by atoms with Crippen LogP contribution in [0, 0.1) is 13.8 Å². The summed E-state index contributed by atoms with van der Waals surface area (Å²) in [5, 5.41) is 5.55. The Bertz CT molecular complexity index is 754. The summed E-state index contributed by atoms with van der Waals surface area (Å²) in [5.41, 5.74) is 3.81. The molecule has 0 unspecified atom stereocenters. The Balaban J connectivity index is 2.28. The molecule has 0 aliphatic heterocycles. The van der Waals surface area contributed by atoms with Crippen molar-refractivity contribution in [2.24, 2.45) is 0 Å². The first-order valence-electron chi connectivity index (χ1n) is 7.25. The first kappa shape index (κ1) is 16.5. The van der Waals surface area contributed by atoms with Gasteiger partial charge < -0.3 is 15.4 Å². The van der Waals surface area contributed by atoms with E-state index in [1.807, 2.05) is 32.0 Å². The number of anilines is 2. The Morgan fingerprint density at radius 3 is 2.39 bits per heavy atom. The Kier molecular flexibility index (Phi) is 5.01. The average Bonchev–Trinajstić information content (AvgIpc) is 2.51. The first-order valence-corrected chi connectivity index (χ1v) is 7.25. The van der Waals surface area contributed by atoms with Gasteiger partial charge in [-0.05, 0) is 49.2 Å². The van der Waals surface area contributed by atoms with Crippen molar-refractivity contribution in [3.8, 4) is 5.75 Å². The molecule has 0 atom stereocenters. The number of carbonyl (C=O) groups excluding carboxylic acids is 2. The van der Waals surface area contributed by atoms with E-state index in [9.17, 15) is 9.59 Å². The van der Waals surface area contributed by atoms with E-state index >= 15 is 0 Å². The number of carbonyl (C=O) groups is 2. The molecule has 2 N–H and O–H groups in total. The molecule has 2 aromatic rings. The normalized spacial score (nSPS) is 10.1. The van der Waals surface area contributed by atoms with Crippen molar-refractivity contribution >= 4 is 23.2 Å². The minimum Gasteiger partial charge on any atom is -0.495 e. The fourth-order valence-corrected chi connectivity index (χ4v) is 2.22. The van der Waals surface area contributed by atoms with Gasteiger partial charge in [-0.2, -0.15) is 0 Å². The second-order valence-corrected chi connectivity index (χ2v) is 5.30. The molecule has 0 saturated carbocycles.